The minimum atomic E-state index is -4.48. The number of thiocarbonyl (C=S) groups is 1. The summed E-state index contributed by atoms with van der Waals surface area (Å²) in [6.07, 6.45) is -0.765. The van der Waals surface area contributed by atoms with Crippen LogP contribution in [0.1, 0.15) is 42.4 Å². The van der Waals surface area contributed by atoms with Gasteiger partial charge in [0.25, 0.3) is 5.91 Å². The summed E-state index contributed by atoms with van der Waals surface area (Å²) in [5.41, 5.74) is 1.09. The number of methoxy groups -OCH3 is 1. The van der Waals surface area contributed by atoms with Crippen LogP contribution < -0.4 is 14.8 Å². The van der Waals surface area contributed by atoms with Gasteiger partial charge in [-0.25, -0.2) is 0 Å². The van der Waals surface area contributed by atoms with Gasteiger partial charge in [-0.15, -0.1) is 0 Å². The van der Waals surface area contributed by atoms with Crippen molar-refractivity contribution in [3.63, 3.8) is 0 Å². The molecule has 0 atom stereocenters. The van der Waals surface area contributed by atoms with E-state index in [9.17, 15) is 22.8 Å². The van der Waals surface area contributed by atoms with Gasteiger partial charge >= 0.3 is 6.18 Å². The summed E-state index contributed by atoms with van der Waals surface area (Å²) < 4.78 is 50.5. The van der Waals surface area contributed by atoms with Gasteiger partial charge in [-0.3, -0.25) is 14.5 Å². The van der Waals surface area contributed by atoms with Crippen LogP contribution in [-0.2, 0) is 22.4 Å². The van der Waals surface area contributed by atoms with Crippen LogP contribution in [0.4, 0.5) is 18.9 Å². The molecule has 1 saturated heterocycles. The van der Waals surface area contributed by atoms with Crippen molar-refractivity contribution < 1.29 is 32.2 Å². The Morgan fingerprint density at radius 3 is 2.52 bits per heavy atom. The highest BCUT2D eigenvalue weighted by Gasteiger charge is 2.32. The van der Waals surface area contributed by atoms with Crippen molar-refractivity contribution in [3.8, 4) is 11.5 Å². The molecule has 0 radical (unpaired) electrons. The quantitative estimate of drug-likeness (QED) is 0.128. The van der Waals surface area contributed by atoms with E-state index in [0.29, 0.717) is 53.1 Å². The Bertz CT molecular complexity index is 1460. The summed E-state index contributed by atoms with van der Waals surface area (Å²) in [6.45, 7) is 0.808. The van der Waals surface area contributed by atoms with Crippen LogP contribution in [0.25, 0.3) is 6.08 Å². The lowest BCUT2D eigenvalue weighted by Crippen LogP contribution is -2.29. The third kappa shape index (κ3) is 8.59. The molecule has 1 aliphatic heterocycles. The second-order valence-corrected chi connectivity index (χ2v) is 11.1. The van der Waals surface area contributed by atoms with Crippen molar-refractivity contribution in [2.24, 2.45) is 0 Å². The van der Waals surface area contributed by atoms with Gasteiger partial charge in [0, 0.05) is 18.7 Å². The molecule has 1 fully saturated rings. The molecular formula is C31H29F3N2O4S2. The highest BCUT2D eigenvalue weighted by atomic mass is 32.2. The molecule has 42 heavy (non-hydrogen) atoms. The predicted molar refractivity (Wildman–Crippen MR) is 162 cm³/mol. The van der Waals surface area contributed by atoms with Gasteiger partial charge in [0.2, 0.25) is 5.91 Å². The Labute approximate surface area is 251 Å². The molecule has 0 spiro atoms. The molecular weight excluding hydrogens is 585 g/mol. The largest absolute Gasteiger partial charge is 0.493 e. The van der Waals surface area contributed by atoms with Gasteiger partial charge in [-0.2, -0.15) is 13.2 Å². The Morgan fingerprint density at radius 1 is 1.00 bits per heavy atom. The summed E-state index contributed by atoms with van der Waals surface area (Å²) in [7, 11) is 1.56. The molecule has 6 nitrogen and oxygen atoms in total. The van der Waals surface area contributed by atoms with E-state index in [1.54, 1.807) is 30.2 Å². The summed E-state index contributed by atoms with van der Waals surface area (Å²) >= 11 is 6.66. The summed E-state index contributed by atoms with van der Waals surface area (Å²) in [5, 5.41) is 2.50. The zero-order valence-electron chi connectivity index (χ0n) is 22.8. The molecule has 3 aromatic carbocycles. The fraction of sp³-hybridized carbons (Fsp3) is 0.258. The van der Waals surface area contributed by atoms with E-state index in [4.69, 9.17) is 21.7 Å². The molecule has 0 bridgehead atoms. The van der Waals surface area contributed by atoms with Crippen molar-refractivity contribution in [2.45, 2.75) is 38.5 Å². The number of benzene rings is 3. The van der Waals surface area contributed by atoms with Crippen molar-refractivity contribution in [1.29, 1.82) is 0 Å². The maximum absolute atomic E-state index is 13.0. The van der Waals surface area contributed by atoms with E-state index < -0.39 is 11.7 Å². The minimum absolute atomic E-state index is 0.103. The summed E-state index contributed by atoms with van der Waals surface area (Å²) in [5.74, 6) is 0.590. The zero-order valence-corrected chi connectivity index (χ0v) is 24.4. The number of thioether (sulfide) groups is 1. The maximum atomic E-state index is 13.0. The minimum Gasteiger partial charge on any atom is -0.493 e. The molecule has 0 aliphatic carbocycles. The molecule has 11 heteroatoms. The molecule has 3 aromatic rings. The third-order valence-corrected chi connectivity index (χ3v) is 7.73. The fourth-order valence-electron chi connectivity index (χ4n) is 4.20. The first kappa shape index (κ1) is 31.1. The SMILES string of the molecule is COc1cc(/C=C2\SC(=S)N(CCCCCC(=O)Nc3cccc(C(F)(F)F)c3)C2=O)ccc1OCc1ccccc1. The molecule has 1 heterocycles. The number of carbonyl (C=O) groups excluding carboxylic acids is 2. The molecule has 0 saturated carbocycles. The Kier molecular flexibility index (Phi) is 10.6. The van der Waals surface area contributed by atoms with Gasteiger partial charge < -0.3 is 14.8 Å². The van der Waals surface area contributed by atoms with E-state index in [-0.39, 0.29) is 23.9 Å². The van der Waals surface area contributed by atoms with Crippen LogP contribution >= 0.6 is 24.0 Å². The number of halogens is 3. The van der Waals surface area contributed by atoms with Crippen LogP contribution in [0.2, 0.25) is 0 Å². The first-order chi connectivity index (χ1) is 20.1. The highest BCUT2D eigenvalue weighted by Crippen LogP contribution is 2.35. The van der Waals surface area contributed by atoms with Crippen LogP contribution in [0.3, 0.4) is 0 Å². The average Bonchev–Trinajstić information content (AvgIpc) is 3.23. The van der Waals surface area contributed by atoms with Gasteiger partial charge in [0.15, 0.2) is 11.5 Å². The topological polar surface area (TPSA) is 67.9 Å². The zero-order chi connectivity index (χ0) is 30.1. The van der Waals surface area contributed by atoms with E-state index in [0.717, 1.165) is 23.3 Å². The third-order valence-electron chi connectivity index (χ3n) is 6.36. The lowest BCUT2D eigenvalue weighted by atomic mass is 10.1. The Morgan fingerprint density at radius 2 is 1.79 bits per heavy atom. The molecule has 2 amide bonds. The standard InChI is InChI=1S/C31H29F3N2O4S2/c1-39-26-17-22(14-15-25(26)40-20-21-9-4-2-5-10-21)18-27-29(38)36(30(41)42-27)16-7-3-6-13-28(37)35-24-12-8-11-23(19-24)31(32,33)34/h2,4-5,8-12,14-15,17-19H,3,6-7,13,16,20H2,1H3,(H,35,37)/b27-18-. The van der Waals surface area contributed by atoms with Crippen molar-refractivity contribution in [2.75, 3.05) is 19.0 Å². The van der Waals surface area contributed by atoms with Crippen molar-refractivity contribution in [1.82, 2.24) is 4.90 Å². The first-order valence-corrected chi connectivity index (χ1v) is 14.4. The smallest absolute Gasteiger partial charge is 0.416 e. The van der Waals surface area contributed by atoms with Gasteiger partial charge in [-0.05, 0) is 60.4 Å². The summed E-state index contributed by atoms with van der Waals surface area (Å²) in [6, 6.07) is 19.8. The van der Waals surface area contributed by atoms with Crippen molar-refractivity contribution in [3.05, 3.63) is 94.4 Å². The van der Waals surface area contributed by atoms with Gasteiger partial charge in [0.1, 0.15) is 10.9 Å². The lowest BCUT2D eigenvalue weighted by Gasteiger charge is -2.14. The Hall–Kier alpha value is -3.83. The molecule has 1 aliphatic rings. The van der Waals surface area contributed by atoms with E-state index in [1.165, 1.54) is 23.9 Å². The van der Waals surface area contributed by atoms with E-state index >= 15 is 0 Å². The second-order valence-electron chi connectivity index (χ2n) is 9.46. The number of ether oxygens (including phenoxy) is 2. The number of rotatable bonds is 12. The molecule has 4 rings (SSSR count). The molecule has 1 N–H and O–H groups in total. The molecule has 220 valence electrons. The van der Waals surface area contributed by atoms with Gasteiger partial charge in [0.05, 0.1) is 17.6 Å². The molecule has 0 aromatic heterocycles. The van der Waals surface area contributed by atoms with Crippen LogP contribution in [0.15, 0.2) is 77.7 Å². The monoisotopic (exact) mass is 614 g/mol. The van der Waals surface area contributed by atoms with Gasteiger partial charge in [-0.1, -0.05) is 72.9 Å². The number of anilines is 1. The molecule has 0 unspecified atom stereocenters. The number of amides is 2. The highest BCUT2D eigenvalue weighted by molar-refractivity contribution is 8.26. The fourth-order valence-corrected chi connectivity index (χ4v) is 5.51. The van der Waals surface area contributed by atoms with Crippen LogP contribution in [-0.4, -0.2) is 34.7 Å². The number of hydrogen-bond donors (Lipinski definition) is 1. The Balaban J connectivity index is 1.24. The number of alkyl halides is 3. The van der Waals surface area contributed by atoms with Crippen LogP contribution in [0.5, 0.6) is 11.5 Å². The second kappa shape index (κ2) is 14.4. The first-order valence-electron chi connectivity index (χ1n) is 13.2. The van der Waals surface area contributed by atoms with Crippen molar-refractivity contribution >= 4 is 51.9 Å². The number of hydrogen-bond acceptors (Lipinski definition) is 6. The van der Waals surface area contributed by atoms with E-state index in [2.05, 4.69) is 5.32 Å². The number of carbonyl (C=O) groups is 2. The number of nitrogens with zero attached hydrogens (tertiary/aromatic N) is 1. The number of unbranched alkanes of at least 4 members (excludes halogenated alkanes) is 2. The normalized spacial score (nSPS) is 14.4. The maximum Gasteiger partial charge on any atom is 0.416 e. The predicted octanol–water partition coefficient (Wildman–Crippen LogP) is 7.69. The lowest BCUT2D eigenvalue weighted by molar-refractivity contribution is -0.137. The number of nitrogens with one attached hydrogen (secondary N) is 1. The summed E-state index contributed by atoms with van der Waals surface area (Å²) in [4.78, 5) is 27.2. The van der Waals surface area contributed by atoms with E-state index in [1.807, 2.05) is 36.4 Å². The van der Waals surface area contributed by atoms with Crippen LogP contribution in [0, 0.1) is 0 Å². The average molecular weight is 615 g/mol.